The molecule has 0 aromatic heterocycles. The van der Waals surface area contributed by atoms with Crippen molar-refractivity contribution in [3.05, 3.63) is 35.1 Å². The van der Waals surface area contributed by atoms with Gasteiger partial charge in [-0.3, -0.25) is 0 Å². The van der Waals surface area contributed by atoms with Gasteiger partial charge in [0.25, 0.3) is 0 Å². The highest BCUT2D eigenvalue weighted by molar-refractivity contribution is 5.33. The highest BCUT2D eigenvalue weighted by atomic mass is 19.4. The van der Waals surface area contributed by atoms with Gasteiger partial charge >= 0.3 is 6.18 Å². The highest BCUT2D eigenvalue weighted by Gasteiger charge is 2.35. The molecular weight excluding hydrogens is 212 g/mol. The Kier molecular flexibility index (Phi) is 3.34. The first kappa shape index (κ1) is 12.0. The molecule has 0 bridgehead atoms. The Morgan fingerprint density at radius 2 is 1.93 bits per heavy atom. The average molecular weight is 222 g/mol. The van der Waals surface area contributed by atoms with Crippen LogP contribution in [0.3, 0.4) is 0 Å². The van der Waals surface area contributed by atoms with Crippen LogP contribution < -0.4 is 0 Å². The molecule has 0 aliphatic heterocycles. The molecule has 1 atom stereocenters. The molecule has 0 fully saturated rings. The average Bonchev–Trinajstić information content (AvgIpc) is 2.15. The maximum Gasteiger partial charge on any atom is 0.416 e. The van der Waals surface area contributed by atoms with Gasteiger partial charge in [-0.2, -0.15) is 13.2 Å². The molecule has 1 N–H and O–H groups in total. The maximum atomic E-state index is 13.2. The molecule has 0 heterocycles. The summed E-state index contributed by atoms with van der Waals surface area (Å²) in [5.41, 5.74) is -1.50. The van der Waals surface area contributed by atoms with Crippen LogP contribution in [0, 0.1) is 5.82 Å². The van der Waals surface area contributed by atoms with Crippen LogP contribution in [0.5, 0.6) is 0 Å². The van der Waals surface area contributed by atoms with Crippen molar-refractivity contribution in [1.82, 2.24) is 0 Å². The maximum absolute atomic E-state index is 13.2. The summed E-state index contributed by atoms with van der Waals surface area (Å²) in [6, 6.07) is 2.77. The van der Waals surface area contributed by atoms with E-state index in [1.54, 1.807) is 0 Å². The Morgan fingerprint density at radius 3 is 2.40 bits per heavy atom. The summed E-state index contributed by atoms with van der Waals surface area (Å²) in [6.07, 6.45) is -4.60. The fourth-order valence-corrected chi connectivity index (χ4v) is 1.38. The second-order valence-corrected chi connectivity index (χ2v) is 3.28. The van der Waals surface area contributed by atoms with E-state index in [0.717, 1.165) is 18.2 Å². The Labute approximate surface area is 84.3 Å². The zero-order chi connectivity index (χ0) is 11.6. The van der Waals surface area contributed by atoms with Crippen LogP contribution in [0.15, 0.2) is 18.2 Å². The molecule has 0 radical (unpaired) electrons. The second kappa shape index (κ2) is 4.18. The number of rotatable bonds is 2. The SMILES string of the molecule is CC(CO)c1c(F)cccc1C(F)(F)F. The summed E-state index contributed by atoms with van der Waals surface area (Å²) >= 11 is 0. The lowest BCUT2D eigenvalue weighted by Gasteiger charge is -2.17. The molecule has 1 aromatic rings. The van der Waals surface area contributed by atoms with E-state index in [0.29, 0.717) is 0 Å². The summed E-state index contributed by atoms with van der Waals surface area (Å²) < 4.78 is 50.6. The topological polar surface area (TPSA) is 20.2 Å². The molecular formula is C10H10F4O. The largest absolute Gasteiger partial charge is 0.416 e. The van der Waals surface area contributed by atoms with E-state index in [1.165, 1.54) is 6.92 Å². The minimum Gasteiger partial charge on any atom is -0.396 e. The van der Waals surface area contributed by atoms with E-state index in [2.05, 4.69) is 0 Å². The zero-order valence-corrected chi connectivity index (χ0v) is 7.98. The number of hydrogen-bond donors (Lipinski definition) is 1. The van der Waals surface area contributed by atoms with Gasteiger partial charge in [0.05, 0.1) is 5.56 Å². The summed E-state index contributed by atoms with van der Waals surface area (Å²) in [7, 11) is 0. The first-order valence-corrected chi connectivity index (χ1v) is 4.34. The normalized spacial score (nSPS) is 14.0. The van der Waals surface area contributed by atoms with Gasteiger partial charge in [0.15, 0.2) is 0 Å². The van der Waals surface area contributed by atoms with Gasteiger partial charge < -0.3 is 5.11 Å². The number of alkyl halides is 3. The molecule has 5 heteroatoms. The lowest BCUT2D eigenvalue weighted by Crippen LogP contribution is -2.14. The van der Waals surface area contributed by atoms with E-state index < -0.39 is 35.6 Å². The standard InChI is InChI=1S/C10H10F4O/c1-6(5-15)9-7(10(12,13)14)3-2-4-8(9)11/h2-4,6,15H,5H2,1H3. The minimum absolute atomic E-state index is 0.479. The van der Waals surface area contributed by atoms with E-state index in [1.807, 2.05) is 0 Å². The van der Waals surface area contributed by atoms with Crippen LogP contribution in [0.4, 0.5) is 17.6 Å². The van der Waals surface area contributed by atoms with Crippen molar-refractivity contribution >= 4 is 0 Å². The molecule has 15 heavy (non-hydrogen) atoms. The first-order chi connectivity index (χ1) is 6.88. The molecule has 1 aromatic carbocycles. The molecule has 0 aliphatic carbocycles. The quantitative estimate of drug-likeness (QED) is 0.763. The summed E-state index contributed by atoms with van der Waals surface area (Å²) in [5, 5.41) is 8.77. The van der Waals surface area contributed by atoms with Crippen molar-refractivity contribution < 1.29 is 22.7 Å². The summed E-state index contributed by atoms with van der Waals surface area (Å²) in [6.45, 7) is 0.817. The van der Waals surface area contributed by atoms with Crippen molar-refractivity contribution in [3.8, 4) is 0 Å². The third kappa shape index (κ3) is 2.47. The van der Waals surface area contributed by atoms with Crippen LogP contribution in [-0.2, 0) is 6.18 Å². The Hall–Kier alpha value is -1.10. The third-order valence-corrected chi connectivity index (χ3v) is 2.12. The van der Waals surface area contributed by atoms with Crippen molar-refractivity contribution in [3.63, 3.8) is 0 Å². The lowest BCUT2D eigenvalue weighted by atomic mass is 9.95. The molecule has 1 rings (SSSR count). The van der Waals surface area contributed by atoms with Crippen LogP contribution in [0.25, 0.3) is 0 Å². The van der Waals surface area contributed by atoms with Crippen molar-refractivity contribution in [2.45, 2.75) is 19.0 Å². The van der Waals surface area contributed by atoms with E-state index in [9.17, 15) is 17.6 Å². The van der Waals surface area contributed by atoms with Gasteiger partial charge in [0, 0.05) is 18.1 Å². The number of halogens is 4. The van der Waals surface area contributed by atoms with Gasteiger partial charge in [-0.25, -0.2) is 4.39 Å². The van der Waals surface area contributed by atoms with Gasteiger partial charge in [-0.1, -0.05) is 13.0 Å². The zero-order valence-electron chi connectivity index (χ0n) is 7.98. The Morgan fingerprint density at radius 1 is 1.33 bits per heavy atom. The van der Waals surface area contributed by atoms with Gasteiger partial charge in [0.1, 0.15) is 5.82 Å². The van der Waals surface area contributed by atoms with Crippen LogP contribution in [-0.4, -0.2) is 11.7 Å². The van der Waals surface area contributed by atoms with Crippen LogP contribution in [0.1, 0.15) is 24.0 Å². The molecule has 0 aliphatic rings. The Balaban J connectivity index is 3.33. The summed E-state index contributed by atoms with van der Waals surface area (Å²) in [5.74, 6) is -1.81. The van der Waals surface area contributed by atoms with Gasteiger partial charge in [0.2, 0.25) is 0 Å². The number of aliphatic hydroxyl groups excluding tert-OH is 1. The predicted molar refractivity (Wildman–Crippen MR) is 46.9 cm³/mol. The van der Waals surface area contributed by atoms with Gasteiger partial charge in [-0.15, -0.1) is 0 Å². The fraction of sp³-hybridized carbons (Fsp3) is 0.400. The second-order valence-electron chi connectivity index (χ2n) is 3.28. The van der Waals surface area contributed by atoms with E-state index >= 15 is 0 Å². The van der Waals surface area contributed by atoms with E-state index in [4.69, 9.17) is 5.11 Å². The van der Waals surface area contributed by atoms with Crippen molar-refractivity contribution in [1.29, 1.82) is 0 Å². The van der Waals surface area contributed by atoms with Crippen LogP contribution >= 0.6 is 0 Å². The monoisotopic (exact) mass is 222 g/mol. The number of benzene rings is 1. The molecule has 84 valence electrons. The number of aliphatic hydroxyl groups is 1. The Bertz CT molecular complexity index is 346. The molecule has 1 nitrogen and oxygen atoms in total. The van der Waals surface area contributed by atoms with Crippen molar-refractivity contribution in [2.24, 2.45) is 0 Å². The molecule has 0 saturated heterocycles. The van der Waals surface area contributed by atoms with Crippen molar-refractivity contribution in [2.75, 3.05) is 6.61 Å². The predicted octanol–water partition coefficient (Wildman–Crippen LogP) is 2.94. The molecule has 0 amide bonds. The lowest BCUT2D eigenvalue weighted by molar-refractivity contribution is -0.138. The molecule has 1 unspecified atom stereocenters. The van der Waals surface area contributed by atoms with Crippen LogP contribution in [0.2, 0.25) is 0 Å². The molecule has 0 spiro atoms. The molecule has 0 saturated carbocycles. The van der Waals surface area contributed by atoms with Gasteiger partial charge in [-0.05, 0) is 12.1 Å². The van der Waals surface area contributed by atoms with E-state index in [-0.39, 0.29) is 0 Å². The smallest absolute Gasteiger partial charge is 0.396 e. The highest BCUT2D eigenvalue weighted by Crippen LogP contribution is 2.36. The minimum atomic E-state index is -4.60. The summed E-state index contributed by atoms with van der Waals surface area (Å²) in [4.78, 5) is 0. The third-order valence-electron chi connectivity index (χ3n) is 2.12. The number of hydrogen-bond acceptors (Lipinski definition) is 1. The first-order valence-electron chi connectivity index (χ1n) is 4.34. The fourth-order valence-electron chi connectivity index (χ4n) is 1.38.